The second kappa shape index (κ2) is 4.92. The summed E-state index contributed by atoms with van der Waals surface area (Å²) in [4.78, 5) is 10.8. The van der Waals surface area contributed by atoms with Crippen molar-refractivity contribution in [2.45, 2.75) is 6.92 Å². The average Bonchev–Trinajstić information content (AvgIpc) is 2.35. The van der Waals surface area contributed by atoms with Gasteiger partial charge in [0.1, 0.15) is 5.76 Å². The lowest BCUT2D eigenvalue weighted by Gasteiger charge is -2.10. The van der Waals surface area contributed by atoms with Crippen LogP contribution in [0.2, 0.25) is 0 Å². The molecule has 0 aliphatic rings. The fourth-order valence-electron chi connectivity index (χ4n) is 1.96. The highest BCUT2D eigenvalue weighted by Crippen LogP contribution is 2.26. The predicted octanol–water partition coefficient (Wildman–Crippen LogP) is 3.22. The average molecular weight is 242 g/mol. The Morgan fingerprint density at radius 3 is 2.72 bits per heavy atom. The van der Waals surface area contributed by atoms with Crippen LogP contribution in [0.4, 0.5) is 0 Å². The molecule has 0 saturated heterocycles. The van der Waals surface area contributed by atoms with E-state index in [0.29, 0.717) is 5.76 Å². The lowest BCUT2D eigenvalue weighted by molar-refractivity contribution is -0.131. The topological polar surface area (TPSA) is 46.5 Å². The number of aliphatic carboxylic acids is 1. The quantitative estimate of drug-likeness (QED) is 0.664. The van der Waals surface area contributed by atoms with E-state index in [4.69, 9.17) is 9.84 Å². The molecule has 0 aromatic heterocycles. The van der Waals surface area contributed by atoms with E-state index in [-0.39, 0.29) is 0 Å². The molecule has 0 unspecified atom stereocenters. The molecule has 3 nitrogen and oxygen atoms in total. The first-order valence-corrected chi connectivity index (χ1v) is 5.60. The largest absolute Gasteiger partial charge is 0.496 e. The Labute approximate surface area is 105 Å². The summed E-state index contributed by atoms with van der Waals surface area (Å²) >= 11 is 0. The van der Waals surface area contributed by atoms with Gasteiger partial charge in [0.2, 0.25) is 0 Å². The van der Waals surface area contributed by atoms with Crippen LogP contribution in [0.5, 0.6) is 0 Å². The van der Waals surface area contributed by atoms with Gasteiger partial charge < -0.3 is 9.84 Å². The van der Waals surface area contributed by atoms with Crippen LogP contribution in [0.25, 0.3) is 16.5 Å². The number of rotatable bonds is 3. The Kier molecular flexibility index (Phi) is 3.33. The van der Waals surface area contributed by atoms with Crippen LogP contribution in [0.1, 0.15) is 11.1 Å². The van der Waals surface area contributed by atoms with Gasteiger partial charge in [0.25, 0.3) is 0 Å². The maximum absolute atomic E-state index is 10.8. The van der Waals surface area contributed by atoms with Crippen molar-refractivity contribution in [2.24, 2.45) is 0 Å². The molecule has 3 heteroatoms. The van der Waals surface area contributed by atoms with Gasteiger partial charge in [-0.1, -0.05) is 42.0 Å². The van der Waals surface area contributed by atoms with Gasteiger partial charge in [-0.25, -0.2) is 4.79 Å². The van der Waals surface area contributed by atoms with Crippen LogP contribution >= 0.6 is 0 Å². The van der Waals surface area contributed by atoms with Crippen LogP contribution in [0.3, 0.4) is 0 Å². The molecular formula is C15H14O3. The van der Waals surface area contributed by atoms with E-state index >= 15 is 0 Å². The summed E-state index contributed by atoms with van der Waals surface area (Å²) in [6, 6.07) is 11.8. The lowest BCUT2D eigenvalue weighted by Crippen LogP contribution is -1.95. The van der Waals surface area contributed by atoms with Crippen molar-refractivity contribution in [2.75, 3.05) is 7.11 Å². The second-order valence-electron chi connectivity index (χ2n) is 4.08. The number of aryl methyl sites for hydroxylation is 1. The van der Waals surface area contributed by atoms with Crippen molar-refractivity contribution in [1.82, 2.24) is 0 Å². The monoisotopic (exact) mass is 242 g/mol. The van der Waals surface area contributed by atoms with E-state index in [1.807, 2.05) is 43.3 Å². The minimum atomic E-state index is -1.02. The number of fused-ring (bicyclic) bond motifs is 1. The fraction of sp³-hybridized carbons (Fsp3) is 0.133. The maximum Gasteiger partial charge on any atom is 0.332 e. The summed E-state index contributed by atoms with van der Waals surface area (Å²) in [6.45, 7) is 2.00. The van der Waals surface area contributed by atoms with Gasteiger partial charge in [-0.2, -0.15) is 0 Å². The molecule has 2 rings (SSSR count). The van der Waals surface area contributed by atoms with Crippen molar-refractivity contribution in [3.8, 4) is 0 Å². The molecule has 92 valence electrons. The van der Waals surface area contributed by atoms with Crippen LogP contribution in [-0.4, -0.2) is 18.2 Å². The second-order valence-corrected chi connectivity index (χ2v) is 4.08. The molecule has 0 amide bonds. The normalized spacial score (nSPS) is 11.6. The first kappa shape index (κ1) is 12.2. The Morgan fingerprint density at radius 2 is 2.06 bits per heavy atom. The van der Waals surface area contributed by atoms with Crippen molar-refractivity contribution >= 4 is 22.5 Å². The number of hydrogen-bond acceptors (Lipinski definition) is 2. The first-order valence-electron chi connectivity index (χ1n) is 5.60. The zero-order valence-corrected chi connectivity index (χ0v) is 10.3. The Balaban J connectivity index is 2.70. The molecule has 0 spiro atoms. The summed E-state index contributed by atoms with van der Waals surface area (Å²) in [6.07, 6.45) is 1.08. The Morgan fingerprint density at radius 1 is 1.28 bits per heavy atom. The van der Waals surface area contributed by atoms with E-state index in [0.717, 1.165) is 28.0 Å². The zero-order chi connectivity index (χ0) is 13.1. The number of methoxy groups -OCH3 is 1. The van der Waals surface area contributed by atoms with Gasteiger partial charge in [0, 0.05) is 5.56 Å². The molecular weight excluding hydrogens is 228 g/mol. The van der Waals surface area contributed by atoms with Crippen molar-refractivity contribution < 1.29 is 14.6 Å². The number of ether oxygens (including phenoxy) is 1. The van der Waals surface area contributed by atoms with E-state index in [9.17, 15) is 4.79 Å². The highest BCUT2D eigenvalue weighted by atomic mass is 16.5. The third kappa shape index (κ3) is 2.35. The molecule has 18 heavy (non-hydrogen) atoms. The van der Waals surface area contributed by atoms with Gasteiger partial charge in [-0.15, -0.1) is 0 Å². The highest BCUT2D eigenvalue weighted by Gasteiger charge is 2.08. The summed E-state index contributed by atoms with van der Waals surface area (Å²) in [5.74, 6) is -0.657. The molecule has 0 heterocycles. The molecule has 0 aliphatic carbocycles. The smallest absolute Gasteiger partial charge is 0.332 e. The van der Waals surface area contributed by atoms with Crippen LogP contribution < -0.4 is 0 Å². The molecule has 0 saturated carbocycles. The van der Waals surface area contributed by atoms with Crippen LogP contribution in [-0.2, 0) is 9.53 Å². The van der Waals surface area contributed by atoms with Crippen molar-refractivity contribution in [1.29, 1.82) is 0 Å². The van der Waals surface area contributed by atoms with Gasteiger partial charge >= 0.3 is 5.97 Å². The summed E-state index contributed by atoms with van der Waals surface area (Å²) in [7, 11) is 1.48. The standard InChI is InChI=1S/C15H14O3/c1-10-6-7-11-4-3-5-12(13(11)8-10)14(18-2)9-15(16)17/h3-9H,1-2H3,(H,16,17)/b14-9+. The summed E-state index contributed by atoms with van der Waals surface area (Å²) < 4.78 is 5.18. The molecule has 2 aromatic rings. The van der Waals surface area contributed by atoms with Crippen LogP contribution in [0.15, 0.2) is 42.5 Å². The number of carboxylic acid groups (broad SMARTS) is 1. The zero-order valence-electron chi connectivity index (χ0n) is 10.3. The summed E-state index contributed by atoms with van der Waals surface area (Å²) in [5, 5.41) is 10.9. The van der Waals surface area contributed by atoms with E-state index < -0.39 is 5.97 Å². The number of benzene rings is 2. The predicted molar refractivity (Wildman–Crippen MR) is 71.3 cm³/mol. The molecule has 0 aliphatic heterocycles. The number of hydrogen-bond donors (Lipinski definition) is 1. The first-order chi connectivity index (χ1) is 8.61. The summed E-state index contributed by atoms with van der Waals surface area (Å²) in [5.41, 5.74) is 1.92. The van der Waals surface area contributed by atoms with Gasteiger partial charge in [0.15, 0.2) is 0 Å². The van der Waals surface area contributed by atoms with Crippen LogP contribution in [0, 0.1) is 6.92 Å². The molecule has 0 atom stereocenters. The Hall–Kier alpha value is -2.29. The minimum absolute atomic E-state index is 0.360. The molecule has 0 fully saturated rings. The van der Waals surface area contributed by atoms with E-state index in [2.05, 4.69) is 0 Å². The Bertz CT molecular complexity index is 627. The number of carboxylic acids is 1. The fourth-order valence-corrected chi connectivity index (χ4v) is 1.96. The molecule has 0 radical (unpaired) electrons. The SMILES string of the molecule is CO/C(=C/C(=O)O)c1cccc2ccc(C)cc12. The molecule has 0 bridgehead atoms. The maximum atomic E-state index is 10.8. The highest BCUT2D eigenvalue weighted by molar-refractivity contribution is 5.97. The third-order valence-electron chi connectivity index (χ3n) is 2.78. The van der Waals surface area contributed by atoms with Crippen molar-refractivity contribution in [3.63, 3.8) is 0 Å². The third-order valence-corrected chi connectivity index (χ3v) is 2.78. The van der Waals surface area contributed by atoms with Gasteiger partial charge in [-0.05, 0) is 17.7 Å². The van der Waals surface area contributed by atoms with E-state index in [1.54, 1.807) is 0 Å². The lowest BCUT2D eigenvalue weighted by atomic mass is 10.0. The van der Waals surface area contributed by atoms with Crippen molar-refractivity contribution in [3.05, 3.63) is 53.6 Å². The van der Waals surface area contributed by atoms with Gasteiger partial charge in [-0.3, -0.25) is 0 Å². The van der Waals surface area contributed by atoms with E-state index in [1.165, 1.54) is 7.11 Å². The molecule has 2 aromatic carbocycles. The minimum Gasteiger partial charge on any atom is -0.496 e. The molecule has 1 N–H and O–H groups in total. The number of carbonyl (C=O) groups is 1. The van der Waals surface area contributed by atoms with Gasteiger partial charge in [0.05, 0.1) is 13.2 Å².